The van der Waals surface area contributed by atoms with Crippen molar-refractivity contribution in [3.8, 4) is 0 Å². The first-order valence-electron chi connectivity index (χ1n) is 12.7. The molecule has 1 amide bonds. The summed E-state index contributed by atoms with van der Waals surface area (Å²) >= 11 is 6.42. The Labute approximate surface area is 221 Å². The fourth-order valence-corrected chi connectivity index (χ4v) is 4.93. The third kappa shape index (κ3) is 6.31. The molecule has 1 aromatic carbocycles. The molecule has 4 heterocycles. The van der Waals surface area contributed by atoms with E-state index in [0.29, 0.717) is 29.9 Å². The average molecular weight is 525 g/mol. The van der Waals surface area contributed by atoms with Crippen LogP contribution >= 0.6 is 11.6 Å². The first kappa shape index (κ1) is 25.3. The van der Waals surface area contributed by atoms with Crippen LogP contribution in [-0.4, -0.2) is 62.5 Å². The summed E-state index contributed by atoms with van der Waals surface area (Å²) in [4.78, 5) is 25.4. The molecule has 0 unspecified atom stereocenters. The van der Waals surface area contributed by atoms with Crippen LogP contribution in [0.3, 0.4) is 0 Å². The maximum Gasteiger partial charge on any atom is 0.410 e. The summed E-state index contributed by atoms with van der Waals surface area (Å²) in [6.07, 6.45) is 8.44. The number of anilines is 3. The summed E-state index contributed by atoms with van der Waals surface area (Å²) in [5, 5.41) is 8.31. The number of amides is 1. The fourth-order valence-electron chi connectivity index (χ4n) is 4.72. The highest BCUT2D eigenvalue weighted by Gasteiger charge is 2.28. The zero-order chi connectivity index (χ0) is 25.8. The minimum atomic E-state index is -0.273. The number of hydrogen-bond donors (Lipinski definition) is 2. The molecule has 196 valence electrons. The van der Waals surface area contributed by atoms with Gasteiger partial charge in [-0.25, -0.2) is 9.78 Å². The van der Waals surface area contributed by atoms with E-state index in [4.69, 9.17) is 22.1 Å². The Kier molecular flexibility index (Phi) is 7.48. The summed E-state index contributed by atoms with van der Waals surface area (Å²) in [6, 6.07) is 9.91. The fraction of sp³-hybridized carbons (Fsp3) is 0.462. The van der Waals surface area contributed by atoms with E-state index in [1.54, 1.807) is 17.3 Å². The van der Waals surface area contributed by atoms with Crippen molar-refractivity contribution in [3.05, 3.63) is 59.5 Å². The van der Waals surface area contributed by atoms with Crippen LogP contribution in [0.5, 0.6) is 0 Å². The van der Waals surface area contributed by atoms with Crippen molar-refractivity contribution in [2.24, 2.45) is 5.73 Å². The van der Waals surface area contributed by atoms with Crippen LogP contribution in [0.25, 0.3) is 0 Å². The van der Waals surface area contributed by atoms with Gasteiger partial charge in [0.05, 0.1) is 24.1 Å². The Balaban J connectivity index is 1.14. The number of nitrogens with two attached hydrogens (primary N) is 1. The maximum atomic E-state index is 12.5. The number of carbonyl (C=O) groups excluding carboxylic acids is 1. The number of halogens is 1. The van der Waals surface area contributed by atoms with Crippen molar-refractivity contribution in [3.63, 3.8) is 0 Å². The zero-order valence-electron chi connectivity index (χ0n) is 21.0. The van der Waals surface area contributed by atoms with Crippen molar-refractivity contribution in [1.82, 2.24) is 24.6 Å². The molecule has 0 atom stereocenters. The molecule has 0 saturated carbocycles. The minimum Gasteiger partial charge on any atom is -0.445 e. The van der Waals surface area contributed by atoms with Gasteiger partial charge in [-0.1, -0.05) is 41.9 Å². The highest BCUT2D eigenvalue weighted by molar-refractivity contribution is 6.32. The van der Waals surface area contributed by atoms with Crippen molar-refractivity contribution in [2.45, 2.75) is 50.8 Å². The second kappa shape index (κ2) is 10.9. The van der Waals surface area contributed by atoms with Gasteiger partial charge >= 0.3 is 6.09 Å². The molecular weight excluding hydrogens is 492 g/mol. The predicted octanol–water partition coefficient (Wildman–Crippen LogP) is 4.36. The number of aromatic nitrogens is 4. The number of ether oxygens (including phenoxy) is 1. The van der Waals surface area contributed by atoms with Gasteiger partial charge < -0.3 is 25.6 Å². The topological polar surface area (TPSA) is 114 Å². The molecule has 0 bridgehead atoms. The Bertz CT molecular complexity index is 1200. The highest BCUT2D eigenvalue weighted by Crippen LogP contribution is 2.30. The second-order valence-electron chi connectivity index (χ2n) is 10.1. The Hall–Kier alpha value is -3.37. The normalized spacial score (nSPS) is 18.0. The molecule has 2 aliphatic rings. The lowest BCUT2D eigenvalue weighted by Gasteiger charge is -2.37. The van der Waals surface area contributed by atoms with Crippen LogP contribution in [0.4, 0.5) is 22.2 Å². The lowest BCUT2D eigenvalue weighted by atomic mass is 9.91. The molecule has 3 aromatic rings. The average Bonchev–Trinajstić information content (AvgIpc) is 3.38. The van der Waals surface area contributed by atoms with E-state index in [-0.39, 0.29) is 24.3 Å². The van der Waals surface area contributed by atoms with Crippen LogP contribution < -0.4 is 16.0 Å². The monoisotopic (exact) mass is 524 g/mol. The number of piperidine rings is 2. The van der Waals surface area contributed by atoms with Gasteiger partial charge in [-0.2, -0.15) is 10.1 Å². The van der Waals surface area contributed by atoms with Gasteiger partial charge in [0, 0.05) is 37.9 Å². The molecule has 0 radical (unpaired) electrons. The van der Waals surface area contributed by atoms with Crippen molar-refractivity contribution < 1.29 is 9.53 Å². The zero-order valence-corrected chi connectivity index (χ0v) is 21.8. The van der Waals surface area contributed by atoms with Crippen molar-refractivity contribution in [2.75, 3.05) is 36.4 Å². The van der Waals surface area contributed by atoms with Gasteiger partial charge in [0.15, 0.2) is 5.82 Å². The molecule has 11 heteroatoms. The van der Waals surface area contributed by atoms with Crippen molar-refractivity contribution in [1.29, 1.82) is 0 Å². The Morgan fingerprint density at radius 1 is 1.16 bits per heavy atom. The molecular formula is C26H33ClN8O2. The van der Waals surface area contributed by atoms with Gasteiger partial charge in [0.1, 0.15) is 11.6 Å². The third-order valence-electron chi connectivity index (χ3n) is 7.09. The van der Waals surface area contributed by atoms with E-state index in [1.807, 2.05) is 41.2 Å². The van der Waals surface area contributed by atoms with Crippen LogP contribution in [0.15, 0.2) is 48.9 Å². The summed E-state index contributed by atoms with van der Waals surface area (Å²) in [5.74, 6) is 1.18. The Morgan fingerprint density at radius 2 is 1.89 bits per heavy atom. The Morgan fingerprint density at radius 3 is 2.62 bits per heavy atom. The molecule has 0 aliphatic carbocycles. The van der Waals surface area contributed by atoms with Gasteiger partial charge in [0.25, 0.3) is 0 Å². The quantitative estimate of drug-likeness (QED) is 0.489. The number of likely N-dealkylation sites (tertiary alicyclic amines) is 1. The van der Waals surface area contributed by atoms with Crippen LogP contribution in [0.1, 0.15) is 44.2 Å². The van der Waals surface area contributed by atoms with Gasteiger partial charge in [-0.15, -0.1) is 0 Å². The number of hydrogen-bond acceptors (Lipinski definition) is 8. The van der Waals surface area contributed by atoms with E-state index < -0.39 is 0 Å². The van der Waals surface area contributed by atoms with Gasteiger partial charge in [0.2, 0.25) is 5.95 Å². The molecule has 0 spiro atoms. The third-order valence-corrected chi connectivity index (χ3v) is 7.36. The number of nitrogens with zero attached hydrogens (tertiary/aromatic N) is 6. The summed E-state index contributed by atoms with van der Waals surface area (Å²) in [7, 11) is 0. The van der Waals surface area contributed by atoms with Gasteiger partial charge in [-0.3, -0.25) is 4.68 Å². The van der Waals surface area contributed by atoms with Crippen molar-refractivity contribution >= 4 is 35.1 Å². The largest absolute Gasteiger partial charge is 0.445 e. The first-order valence-corrected chi connectivity index (χ1v) is 13.1. The summed E-state index contributed by atoms with van der Waals surface area (Å²) in [5.41, 5.74) is 7.90. The lowest BCUT2D eigenvalue weighted by molar-refractivity contribution is 0.0821. The first-order chi connectivity index (χ1) is 17.9. The minimum absolute atomic E-state index is 0.149. The van der Waals surface area contributed by atoms with Crippen LogP contribution in [-0.2, 0) is 11.3 Å². The smallest absolute Gasteiger partial charge is 0.410 e. The molecule has 37 heavy (non-hydrogen) atoms. The predicted molar refractivity (Wildman–Crippen MR) is 143 cm³/mol. The molecule has 2 aliphatic heterocycles. The molecule has 3 N–H and O–H groups in total. The van der Waals surface area contributed by atoms with Gasteiger partial charge in [-0.05, 0) is 38.2 Å². The summed E-state index contributed by atoms with van der Waals surface area (Å²) < 4.78 is 7.42. The number of benzene rings is 1. The summed E-state index contributed by atoms with van der Waals surface area (Å²) in [6.45, 7) is 5.23. The van der Waals surface area contributed by atoms with E-state index in [9.17, 15) is 4.79 Å². The number of carbonyl (C=O) groups is 1. The second-order valence-corrected chi connectivity index (χ2v) is 10.5. The van der Waals surface area contributed by atoms with Crippen LogP contribution in [0, 0.1) is 0 Å². The molecule has 2 aromatic heterocycles. The molecule has 2 saturated heterocycles. The lowest BCUT2D eigenvalue weighted by Crippen LogP contribution is -2.48. The van der Waals surface area contributed by atoms with E-state index >= 15 is 0 Å². The maximum absolute atomic E-state index is 12.5. The van der Waals surface area contributed by atoms with E-state index in [2.05, 4.69) is 32.2 Å². The van der Waals surface area contributed by atoms with E-state index in [0.717, 1.165) is 50.0 Å². The number of rotatable bonds is 6. The van der Waals surface area contributed by atoms with Crippen LogP contribution in [0.2, 0.25) is 5.02 Å². The molecule has 2 fully saturated rings. The SMILES string of the molecule is CC1(N)CCN(c2nc(Nc3cnn(C4CCN(C(=O)OCc5ccccc5)CC4)c3)ncc2Cl)CC1. The number of nitrogens with one attached hydrogen (secondary N) is 1. The van der Waals surface area contributed by atoms with E-state index in [1.165, 1.54) is 0 Å². The standard InChI is InChI=1S/C26H33ClN8O2/c1-26(28)9-13-33(14-10-26)23-22(27)16-29-24(32-23)31-20-15-30-35(17-20)21-7-11-34(12-8-21)25(36)37-18-19-5-3-2-4-6-19/h2-6,15-17,21H,7-14,18,28H2,1H3,(H,29,31,32). The molecule has 10 nitrogen and oxygen atoms in total. The molecule has 5 rings (SSSR count). The highest BCUT2D eigenvalue weighted by atomic mass is 35.5.